The SMILES string of the molecule is Cc1ccc2cc(-c3noc(CCC(=O)N4CCN(c5ccc(F)cc5)CC4)n3)c(=O)[nH]c2c1. The molecule has 0 spiro atoms. The summed E-state index contributed by atoms with van der Waals surface area (Å²) in [5.74, 6) is 0.273. The number of hydrogen-bond acceptors (Lipinski definition) is 6. The summed E-state index contributed by atoms with van der Waals surface area (Å²) in [5, 5.41) is 4.82. The van der Waals surface area contributed by atoms with Crippen LogP contribution in [0.3, 0.4) is 0 Å². The van der Waals surface area contributed by atoms with Gasteiger partial charge in [-0.05, 0) is 54.3 Å². The van der Waals surface area contributed by atoms with Crippen molar-refractivity contribution >= 4 is 22.5 Å². The van der Waals surface area contributed by atoms with Crippen LogP contribution >= 0.6 is 0 Å². The Balaban J connectivity index is 1.19. The summed E-state index contributed by atoms with van der Waals surface area (Å²) < 4.78 is 18.4. The molecule has 174 valence electrons. The first-order valence-corrected chi connectivity index (χ1v) is 11.2. The van der Waals surface area contributed by atoms with E-state index >= 15 is 0 Å². The molecule has 5 rings (SSSR count). The molecule has 3 heterocycles. The van der Waals surface area contributed by atoms with Crippen molar-refractivity contribution in [1.29, 1.82) is 0 Å². The fourth-order valence-electron chi connectivity index (χ4n) is 4.18. The molecule has 8 nitrogen and oxygen atoms in total. The van der Waals surface area contributed by atoms with Crippen LogP contribution in [0.1, 0.15) is 17.9 Å². The number of hydrogen-bond donors (Lipinski definition) is 1. The zero-order valence-corrected chi connectivity index (χ0v) is 18.8. The average molecular weight is 461 g/mol. The number of fused-ring (bicyclic) bond motifs is 1. The van der Waals surface area contributed by atoms with Gasteiger partial charge >= 0.3 is 0 Å². The third kappa shape index (κ3) is 4.54. The van der Waals surface area contributed by atoms with Gasteiger partial charge in [0.25, 0.3) is 5.56 Å². The lowest BCUT2D eigenvalue weighted by Gasteiger charge is -2.36. The van der Waals surface area contributed by atoms with Crippen molar-refractivity contribution in [2.75, 3.05) is 31.1 Å². The van der Waals surface area contributed by atoms with Crippen LogP contribution in [-0.2, 0) is 11.2 Å². The molecule has 9 heteroatoms. The minimum Gasteiger partial charge on any atom is -0.368 e. The number of rotatable bonds is 5. The van der Waals surface area contributed by atoms with Crippen molar-refractivity contribution in [2.45, 2.75) is 19.8 Å². The Hall–Kier alpha value is -4.01. The normalized spacial score (nSPS) is 14.1. The third-order valence-electron chi connectivity index (χ3n) is 6.09. The molecule has 2 aromatic heterocycles. The summed E-state index contributed by atoms with van der Waals surface area (Å²) in [6.45, 7) is 4.52. The molecule has 1 fully saturated rings. The number of nitrogens with zero attached hydrogens (tertiary/aromatic N) is 4. The van der Waals surface area contributed by atoms with E-state index in [-0.39, 0.29) is 29.5 Å². The van der Waals surface area contributed by atoms with Crippen molar-refractivity contribution in [3.05, 3.63) is 76.2 Å². The minimum absolute atomic E-state index is 0.0115. The lowest BCUT2D eigenvalue weighted by molar-refractivity contribution is -0.131. The predicted octanol–water partition coefficient (Wildman–Crippen LogP) is 3.31. The molecule has 0 atom stereocenters. The largest absolute Gasteiger partial charge is 0.368 e. The third-order valence-corrected chi connectivity index (χ3v) is 6.09. The molecule has 0 aliphatic carbocycles. The van der Waals surface area contributed by atoms with Gasteiger partial charge in [0.05, 0.1) is 5.56 Å². The van der Waals surface area contributed by atoms with Gasteiger partial charge in [-0.15, -0.1) is 0 Å². The fourth-order valence-corrected chi connectivity index (χ4v) is 4.18. The quantitative estimate of drug-likeness (QED) is 0.490. The highest BCUT2D eigenvalue weighted by atomic mass is 19.1. The number of anilines is 1. The van der Waals surface area contributed by atoms with E-state index in [2.05, 4.69) is 20.0 Å². The van der Waals surface area contributed by atoms with E-state index in [4.69, 9.17) is 4.52 Å². The number of carbonyl (C=O) groups excluding carboxylic acids is 1. The van der Waals surface area contributed by atoms with Crippen LogP contribution in [0, 0.1) is 12.7 Å². The molecule has 1 aliphatic rings. The summed E-state index contributed by atoms with van der Waals surface area (Å²) in [7, 11) is 0. The van der Waals surface area contributed by atoms with Crippen LogP contribution in [0.5, 0.6) is 0 Å². The molecule has 34 heavy (non-hydrogen) atoms. The minimum atomic E-state index is -0.291. The van der Waals surface area contributed by atoms with Crippen molar-refractivity contribution in [2.24, 2.45) is 0 Å². The smallest absolute Gasteiger partial charge is 0.259 e. The second-order valence-electron chi connectivity index (χ2n) is 8.46. The molecule has 1 saturated heterocycles. The van der Waals surface area contributed by atoms with E-state index in [9.17, 15) is 14.0 Å². The lowest BCUT2D eigenvalue weighted by atomic mass is 10.1. The van der Waals surface area contributed by atoms with Gasteiger partial charge in [0.15, 0.2) is 0 Å². The Labute approximate surface area is 195 Å². The lowest BCUT2D eigenvalue weighted by Crippen LogP contribution is -2.48. The number of aromatic amines is 1. The molecular weight excluding hydrogens is 437 g/mol. The van der Waals surface area contributed by atoms with E-state index in [1.807, 2.05) is 30.0 Å². The number of benzene rings is 2. The van der Waals surface area contributed by atoms with Gasteiger partial charge in [0.1, 0.15) is 5.82 Å². The molecular formula is C25H24FN5O3. The maximum atomic E-state index is 13.1. The first kappa shape index (κ1) is 21.8. The summed E-state index contributed by atoms with van der Waals surface area (Å²) >= 11 is 0. The van der Waals surface area contributed by atoms with Crippen molar-refractivity contribution in [1.82, 2.24) is 20.0 Å². The predicted molar refractivity (Wildman–Crippen MR) is 126 cm³/mol. The molecule has 1 amide bonds. The van der Waals surface area contributed by atoms with Gasteiger partial charge in [-0.3, -0.25) is 9.59 Å². The second-order valence-corrected chi connectivity index (χ2v) is 8.46. The Morgan fingerprint density at radius 1 is 1.09 bits per heavy atom. The van der Waals surface area contributed by atoms with Crippen LogP contribution in [0.25, 0.3) is 22.3 Å². The highest BCUT2D eigenvalue weighted by molar-refractivity contribution is 5.82. The summed E-state index contributed by atoms with van der Waals surface area (Å²) in [6, 6.07) is 13.9. The molecule has 0 bridgehead atoms. The average Bonchev–Trinajstić information content (AvgIpc) is 3.31. The van der Waals surface area contributed by atoms with E-state index in [0.29, 0.717) is 44.1 Å². The Kier molecular flexibility index (Phi) is 5.83. The number of amides is 1. The number of pyridine rings is 1. The van der Waals surface area contributed by atoms with Crippen molar-refractivity contribution < 1.29 is 13.7 Å². The highest BCUT2D eigenvalue weighted by Crippen LogP contribution is 2.20. The molecule has 0 radical (unpaired) electrons. The van der Waals surface area contributed by atoms with Crippen molar-refractivity contribution in [3.63, 3.8) is 0 Å². The molecule has 1 N–H and O–H groups in total. The van der Waals surface area contributed by atoms with Crippen LogP contribution in [0.4, 0.5) is 10.1 Å². The Morgan fingerprint density at radius 3 is 2.62 bits per heavy atom. The molecule has 1 aliphatic heterocycles. The van der Waals surface area contributed by atoms with Crippen LogP contribution in [-0.4, -0.2) is 52.1 Å². The summed E-state index contributed by atoms with van der Waals surface area (Å²) in [4.78, 5) is 36.3. The first-order valence-electron chi connectivity index (χ1n) is 11.2. The number of piperazine rings is 1. The van der Waals surface area contributed by atoms with E-state index in [0.717, 1.165) is 22.2 Å². The highest BCUT2D eigenvalue weighted by Gasteiger charge is 2.22. The van der Waals surface area contributed by atoms with Crippen LogP contribution in [0.15, 0.2) is 57.8 Å². The van der Waals surface area contributed by atoms with E-state index < -0.39 is 0 Å². The molecule has 4 aromatic rings. The van der Waals surface area contributed by atoms with Crippen LogP contribution < -0.4 is 10.5 Å². The van der Waals surface area contributed by atoms with Gasteiger partial charge < -0.3 is 19.3 Å². The standard InChI is InChI=1S/C25H24FN5O3/c1-16-2-3-17-15-20(25(33)27-21(17)14-16)24-28-22(34-29-24)8-9-23(32)31-12-10-30(11-13-31)19-6-4-18(26)5-7-19/h2-7,14-15H,8-13H2,1H3,(H,27,33). The molecule has 0 saturated carbocycles. The number of nitrogens with one attached hydrogen (secondary N) is 1. The van der Waals surface area contributed by atoms with Crippen molar-refractivity contribution in [3.8, 4) is 11.4 Å². The van der Waals surface area contributed by atoms with Gasteiger partial charge in [-0.2, -0.15) is 4.98 Å². The van der Waals surface area contributed by atoms with Gasteiger partial charge in [-0.25, -0.2) is 4.39 Å². The monoisotopic (exact) mass is 461 g/mol. The van der Waals surface area contributed by atoms with Gasteiger partial charge in [-0.1, -0.05) is 17.3 Å². The zero-order chi connectivity index (χ0) is 23.7. The summed E-state index contributed by atoms with van der Waals surface area (Å²) in [6.07, 6.45) is 0.542. The molecule has 0 unspecified atom stereocenters. The van der Waals surface area contributed by atoms with E-state index in [1.54, 1.807) is 18.2 Å². The maximum Gasteiger partial charge on any atom is 0.259 e. The Morgan fingerprint density at radius 2 is 1.85 bits per heavy atom. The number of halogens is 1. The van der Waals surface area contributed by atoms with Crippen LogP contribution in [0.2, 0.25) is 0 Å². The topological polar surface area (TPSA) is 95.3 Å². The molecule has 2 aromatic carbocycles. The first-order chi connectivity index (χ1) is 16.5. The number of aromatic nitrogens is 3. The Bertz CT molecular complexity index is 1390. The van der Waals surface area contributed by atoms with Gasteiger partial charge in [0, 0.05) is 50.2 Å². The number of aryl methyl sites for hydroxylation is 2. The maximum absolute atomic E-state index is 13.1. The number of H-pyrrole nitrogens is 1. The summed E-state index contributed by atoms with van der Waals surface area (Å²) in [5.41, 5.74) is 2.79. The van der Waals surface area contributed by atoms with Gasteiger partial charge in [0.2, 0.25) is 17.6 Å². The van der Waals surface area contributed by atoms with E-state index in [1.165, 1.54) is 12.1 Å². The zero-order valence-electron chi connectivity index (χ0n) is 18.8. The second kappa shape index (κ2) is 9.09. The fraction of sp³-hybridized carbons (Fsp3) is 0.280. The number of carbonyl (C=O) groups is 1.